The molecule has 1 heterocycles. The van der Waals surface area contributed by atoms with Crippen molar-refractivity contribution in [1.29, 1.82) is 0 Å². The van der Waals surface area contributed by atoms with Crippen LogP contribution in [0.1, 0.15) is 37.5 Å². The molecule has 1 aliphatic heterocycles. The fourth-order valence-electron chi connectivity index (χ4n) is 3.28. The first-order chi connectivity index (χ1) is 12.0. The van der Waals surface area contributed by atoms with E-state index in [9.17, 15) is 18.3 Å². The molecule has 1 N–H and O–H groups in total. The standard InChI is InChI=1S/C20H21NO4S/c1-13-10-11-16-15(12-13)18(21(20(2,3)4)26(16,24)25)17(19(22)23)14-8-6-5-7-9-14/h5-12H,1-4H3,(H,22,23)/b18-17+. The highest BCUT2D eigenvalue weighted by Crippen LogP contribution is 2.46. The van der Waals surface area contributed by atoms with Crippen LogP contribution in [0.3, 0.4) is 0 Å². The maximum absolute atomic E-state index is 13.2. The largest absolute Gasteiger partial charge is 0.478 e. The molecular formula is C20H21NO4S. The quantitative estimate of drug-likeness (QED) is 0.816. The van der Waals surface area contributed by atoms with Crippen molar-refractivity contribution in [2.24, 2.45) is 0 Å². The number of aryl methyl sites for hydroxylation is 1. The Morgan fingerprint density at radius 3 is 2.19 bits per heavy atom. The average Bonchev–Trinajstić information content (AvgIpc) is 2.75. The zero-order valence-electron chi connectivity index (χ0n) is 15.1. The van der Waals surface area contributed by atoms with E-state index < -0.39 is 21.5 Å². The Morgan fingerprint density at radius 1 is 1.04 bits per heavy atom. The summed E-state index contributed by atoms with van der Waals surface area (Å²) in [7, 11) is -3.84. The third kappa shape index (κ3) is 2.80. The maximum Gasteiger partial charge on any atom is 0.338 e. The zero-order valence-corrected chi connectivity index (χ0v) is 16.0. The molecule has 0 saturated heterocycles. The summed E-state index contributed by atoms with van der Waals surface area (Å²) in [6.45, 7) is 7.13. The number of benzene rings is 2. The first kappa shape index (κ1) is 18.2. The lowest BCUT2D eigenvalue weighted by atomic mass is 9.96. The number of rotatable bonds is 2. The summed E-state index contributed by atoms with van der Waals surface area (Å²) in [5.41, 5.74) is 1.14. The molecule has 0 aromatic heterocycles. The minimum absolute atomic E-state index is 0.0200. The van der Waals surface area contributed by atoms with Crippen molar-refractivity contribution in [3.05, 3.63) is 65.2 Å². The zero-order chi connectivity index (χ0) is 19.3. The molecule has 2 aromatic rings. The van der Waals surface area contributed by atoms with E-state index in [2.05, 4.69) is 0 Å². The van der Waals surface area contributed by atoms with Crippen LogP contribution in [0.5, 0.6) is 0 Å². The third-order valence-electron chi connectivity index (χ3n) is 4.23. The normalized spacial score (nSPS) is 17.8. The van der Waals surface area contributed by atoms with Gasteiger partial charge in [0.05, 0.1) is 16.2 Å². The van der Waals surface area contributed by atoms with Crippen molar-refractivity contribution in [2.75, 3.05) is 0 Å². The SMILES string of the molecule is Cc1ccc2c(c1)/C(=C(\C(=O)O)c1ccccc1)N(C(C)(C)C)S2(=O)=O. The van der Waals surface area contributed by atoms with E-state index in [0.29, 0.717) is 11.1 Å². The fraction of sp³-hybridized carbons (Fsp3) is 0.250. The van der Waals surface area contributed by atoms with Gasteiger partial charge in [-0.15, -0.1) is 0 Å². The highest BCUT2D eigenvalue weighted by molar-refractivity contribution is 7.90. The number of aliphatic carboxylic acids is 1. The van der Waals surface area contributed by atoms with E-state index in [-0.39, 0.29) is 16.2 Å². The van der Waals surface area contributed by atoms with Crippen LogP contribution in [0.4, 0.5) is 0 Å². The maximum atomic E-state index is 13.2. The Balaban J connectivity index is 2.50. The summed E-state index contributed by atoms with van der Waals surface area (Å²) in [4.78, 5) is 12.3. The molecule has 6 heteroatoms. The van der Waals surface area contributed by atoms with Gasteiger partial charge in [0.2, 0.25) is 0 Å². The van der Waals surface area contributed by atoms with Crippen LogP contribution in [0.15, 0.2) is 53.4 Å². The molecule has 2 aromatic carbocycles. The lowest BCUT2D eigenvalue weighted by molar-refractivity contribution is -0.130. The first-order valence-corrected chi connectivity index (χ1v) is 9.68. The van der Waals surface area contributed by atoms with E-state index in [1.807, 2.05) is 6.92 Å². The van der Waals surface area contributed by atoms with Gasteiger partial charge in [0.25, 0.3) is 10.0 Å². The Morgan fingerprint density at radius 2 is 1.65 bits per heavy atom. The van der Waals surface area contributed by atoms with Gasteiger partial charge in [-0.3, -0.25) is 4.31 Å². The molecule has 0 fully saturated rings. The molecule has 5 nitrogen and oxygen atoms in total. The molecule has 0 bridgehead atoms. The van der Waals surface area contributed by atoms with E-state index in [1.54, 1.807) is 69.3 Å². The van der Waals surface area contributed by atoms with Crippen molar-refractivity contribution >= 4 is 27.3 Å². The predicted octanol–water partition coefficient (Wildman–Crippen LogP) is 3.75. The Kier molecular flexibility index (Phi) is 4.19. The number of hydrogen-bond donors (Lipinski definition) is 1. The summed E-state index contributed by atoms with van der Waals surface area (Å²) >= 11 is 0. The summed E-state index contributed by atoms with van der Waals surface area (Å²) < 4.78 is 27.7. The summed E-state index contributed by atoms with van der Waals surface area (Å²) in [6.07, 6.45) is 0. The smallest absolute Gasteiger partial charge is 0.338 e. The number of nitrogens with zero attached hydrogens (tertiary/aromatic N) is 1. The molecule has 0 radical (unpaired) electrons. The summed E-state index contributed by atoms with van der Waals surface area (Å²) in [6, 6.07) is 13.6. The van der Waals surface area contributed by atoms with Gasteiger partial charge in [0, 0.05) is 11.1 Å². The van der Waals surface area contributed by atoms with E-state index in [4.69, 9.17) is 0 Å². The topological polar surface area (TPSA) is 74.7 Å². The van der Waals surface area contributed by atoms with Gasteiger partial charge in [0.15, 0.2) is 0 Å². The van der Waals surface area contributed by atoms with Gasteiger partial charge in [-0.1, -0.05) is 42.0 Å². The van der Waals surface area contributed by atoms with Crippen LogP contribution in [0.2, 0.25) is 0 Å². The number of hydrogen-bond acceptors (Lipinski definition) is 3. The first-order valence-electron chi connectivity index (χ1n) is 8.24. The van der Waals surface area contributed by atoms with Crippen LogP contribution < -0.4 is 0 Å². The number of carbonyl (C=O) groups is 1. The predicted molar refractivity (Wildman–Crippen MR) is 101 cm³/mol. The number of carboxylic acids is 1. The number of carboxylic acid groups (broad SMARTS) is 1. The monoisotopic (exact) mass is 371 g/mol. The number of fused-ring (bicyclic) bond motifs is 1. The highest BCUT2D eigenvalue weighted by atomic mass is 32.2. The van der Waals surface area contributed by atoms with Crippen LogP contribution >= 0.6 is 0 Å². The fourth-order valence-corrected chi connectivity index (χ4v) is 5.30. The second kappa shape index (κ2) is 5.99. The second-order valence-electron chi connectivity index (χ2n) is 7.33. The molecule has 3 rings (SSSR count). The minimum Gasteiger partial charge on any atom is -0.478 e. The molecule has 0 aliphatic carbocycles. The van der Waals surface area contributed by atoms with Gasteiger partial charge >= 0.3 is 5.97 Å². The van der Waals surface area contributed by atoms with Gasteiger partial charge in [0.1, 0.15) is 0 Å². The molecular weight excluding hydrogens is 350 g/mol. The van der Waals surface area contributed by atoms with Crippen molar-refractivity contribution < 1.29 is 18.3 Å². The van der Waals surface area contributed by atoms with Gasteiger partial charge < -0.3 is 5.11 Å². The van der Waals surface area contributed by atoms with Crippen molar-refractivity contribution in [1.82, 2.24) is 4.31 Å². The molecule has 0 unspecified atom stereocenters. The lowest BCUT2D eigenvalue weighted by Gasteiger charge is -2.34. The van der Waals surface area contributed by atoms with Crippen molar-refractivity contribution in [3.8, 4) is 0 Å². The van der Waals surface area contributed by atoms with Crippen LogP contribution in [-0.4, -0.2) is 29.3 Å². The second-order valence-corrected chi connectivity index (χ2v) is 9.09. The molecule has 0 spiro atoms. The van der Waals surface area contributed by atoms with E-state index in [1.165, 1.54) is 4.31 Å². The molecule has 26 heavy (non-hydrogen) atoms. The van der Waals surface area contributed by atoms with Crippen molar-refractivity contribution in [2.45, 2.75) is 38.1 Å². The van der Waals surface area contributed by atoms with Gasteiger partial charge in [-0.2, -0.15) is 0 Å². The third-order valence-corrected chi connectivity index (χ3v) is 6.36. The Labute approximate surface area is 153 Å². The van der Waals surface area contributed by atoms with Crippen molar-refractivity contribution in [3.63, 3.8) is 0 Å². The summed E-state index contributed by atoms with van der Waals surface area (Å²) in [5, 5.41) is 9.96. The lowest BCUT2D eigenvalue weighted by Crippen LogP contribution is -2.41. The number of sulfonamides is 1. The molecule has 0 amide bonds. The van der Waals surface area contributed by atoms with E-state index >= 15 is 0 Å². The molecule has 1 aliphatic rings. The van der Waals surface area contributed by atoms with Gasteiger partial charge in [-0.05, 0) is 45.4 Å². The Hall–Kier alpha value is -2.60. The Bertz CT molecular complexity index is 1020. The summed E-state index contributed by atoms with van der Waals surface area (Å²) in [5.74, 6) is -1.16. The average molecular weight is 371 g/mol. The highest BCUT2D eigenvalue weighted by Gasteiger charge is 2.46. The van der Waals surface area contributed by atoms with Crippen LogP contribution in [0.25, 0.3) is 11.3 Å². The van der Waals surface area contributed by atoms with Crippen LogP contribution in [0, 0.1) is 6.92 Å². The van der Waals surface area contributed by atoms with E-state index in [0.717, 1.165) is 5.56 Å². The van der Waals surface area contributed by atoms with Gasteiger partial charge in [-0.25, -0.2) is 13.2 Å². The molecule has 136 valence electrons. The van der Waals surface area contributed by atoms with Crippen LogP contribution in [-0.2, 0) is 14.8 Å². The minimum atomic E-state index is -3.84. The molecule has 0 atom stereocenters. The molecule has 0 saturated carbocycles.